The maximum absolute atomic E-state index is 11.9. The Balaban J connectivity index is 0.00000512. The summed E-state index contributed by atoms with van der Waals surface area (Å²) in [6, 6.07) is 15.3. The van der Waals surface area contributed by atoms with Gasteiger partial charge in [0.15, 0.2) is 0 Å². The molecular weight excluding hydrogens is 430 g/mol. The van der Waals surface area contributed by atoms with E-state index in [9.17, 15) is 14.9 Å². The number of primary amides is 1. The van der Waals surface area contributed by atoms with E-state index in [1.54, 1.807) is 18.2 Å². The van der Waals surface area contributed by atoms with Crippen LogP contribution < -0.4 is 11.1 Å². The topological polar surface area (TPSA) is 114 Å². The summed E-state index contributed by atoms with van der Waals surface area (Å²) in [5.41, 5.74) is 8.72. The molecule has 2 atom stereocenters. The second-order valence-corrected chi connectivity index (χ2v) is 7.10. The first-order valence-corrected chi connectivity index (χ1v) is 9.88. The molecule has 0 aliphatic heterocycles. The minimum absolute atomic E-state index is 0. The van der Waals surface area contributed by atoms with Crippen molar-refractivity contribution in [3.63, 3.8) is 0 Å². The Morgan fingerprint density at radius 1 is 1.22 bits per heavy atom. The smallest absolute Gasteiger partial charge is 0.338 e. The summed E-state index contributed by atoms with van der Waals surface area (Å²) >= 11 is 0. The number of benzene rings is 2. The normalized spacial score (nSPS) is 12.0. The molecule has 0 fully saturated rings. The molecule has 0 aromatic heterocycles. The van der Waals surface area contributed by atoms with E-state index in [0.717, 1.165) is 16.7 Å². The fourth-order valence-corrected chi connectivity index (χ4v) is 2.98. The largest absolute Gasteiger partial charge is 0.458 e. The molecule has 0 aliphatic rings. The predicted molar refractivity (Wildman–Crippen MR) is 124 cm³/mol. The minimum Gasteiger partial charge on any atom is -0.458 e. The van der Waals surface area contributed by atoms with E-state index in [2.05, 4.69) is 18.0 Å². The van der Waals surface area contributed by atoms with Gasteiger partial charge in [0.1, 0.15) is 12.6 Å². The summed E-state index contributed by atoms with van der Waals surface area (Å²) in [4.78, 5) is 23.8. The molecule has 0 radical (unpaired) electrons. The molecule has 1 amide bonds. The van der Waals surface area contributed by atoms with Gasteiger partial charge in [-0.05, 0) is 36.6 Å². The lowest BCUT2D eigenvalue weighted by molar-refractivity contribution is -0.120. The molecule has 2 rings (SSSR count). The second-order valence-electron chi connectivity index (χ2n) is 7.10. The number of carbonyl (C=O) groups is 2. The number of ether oxygens (including phenoxy) is 2. The van der Waals surface area contributed by atoms with Crippen LogP contribution in [0.5, 0.6) is 0 Å². The lowest BCUT2D eigenvalue weighted by Crippen LogP contribution is -2.48. The maximum Gasteiger partial charge on any atom is 0.338 e. The number of aryl methyl sites for hydroxylation is 1. The number of nitriles is 1. The number of hydrogen-bond acceptors (Lipinski definition) is 6. The summed E-state index contributed by atoms with van der Waals surface area (Å²) in [6.07, 6.45) is 1.88. The highest BCUT2D eigenvalue weighted by Gasteiger charge is 2.20. The van der Waals surface area contributed by atoms with Crippen LogP contribution in [-0.4, -0.2) is 37.2 Å². The summed E-state index contributed by atoms with van der Waals surface area (Å²) in [5, 5.41) is 12.4. The molecule has 0 aliphatic carbocycles. The van der Waals surface area contributed by atoms with Crippen LogP contribution >= 0.6 is 12.4 Å². The van der Waals surface area contributed by atoms with Gasteiger partial charge in [0.25, 0.3) is 0 Å². The molecule has 0 saturated heterocycles. The zero-order chi connectivity index (χ0) is 22.6. The van der Waals surface area contributed by atoms with Crippen LogP contribution in [0, 0.1) is 18.3 Å². The van der Waals surface area contributed by atoms with Gasteiger partial charge in [-0.2, -0.15) is 5.26 Å². The number of rotatable bonds is 12. The highest BCUT2D eigenvalue weighted by atomic mass is 35.5. The molecule has 0 saturated carbocycles. The molecule has 2 aromatic rings. The van der Waals surface area contributed by atoms with E-state index in [4.69, 9.17) is 15.2 Å². The number of nitrogens with two attached hydrogens (primary N) is 1. The predicted octanol–water partition coefficient (Wildman–Crippen LogP) is 2.85. The van der Waals surface area contributed by atoms with Gasteiger partial charge in [-0.1, -0.05) is 54.6 Å². The zero-order valence-corrected chi connectivity index (χ0v) is 18.8. The monoisotopic (exact) mass is 457 g/mol. The van der Waals surface area contributed by atoms with Crippen LogP contribution in [0.25, 0.3) is 0 Å². The third kappa shape index (κ3) is 8.90. The SMILES string of the molecule is C=CCOC(=O)c1cccc(COC[C@H](C#N)N[C@@H](Cc2cccc(C)c2)C(N)=O)c1.Cl. The maximum atomic E-state index is 11.9. The molecule has 32 heavy (non-hydrogen) atoms. The Morgan fingerprint density at radius 3 is 2.59 bits per heavy atom. The van der Waals surface area contributed by atoms with Crippen LogP contribution in [0.1, 0.15) is 27.0 Å². The van der Waals surface area contributed by atoms with E-state index in [1.165, 1.54) is 6.08 Å². The molecule has 8 heteroatoms. The van der Waals surface area contributed by atoms with Gasteiger partial charge in [-0.25, -0.2) is 4.79 Å². The summed E-state index contributed by atoms with van der Waals surface area (Å²) in [6.45, 7) is 5.87. The number of hydrogen-bond donors (Lipinski definition) is 2. The van der Waals surface area contributed by atoms with Crippen molar-refractivity contribution in [1.29, 1.82) is 5.26 Å². The van der Waals surface area contributed by atoms with Gasteiger partial charge in [0.05, 0.1) is 30.9 Å². The van der Waals surface area contributed by atoms with Gasteiger partial charge >= 0.3 is 5.97 Å². The third-order valence-corrected chi connectivity index (χ3v) is 4.47. The second kappa shape index (κ2) is 14.0. The first-order valence-electron chi connectivity index (χ1n) is 9.88. The van der Waals surface area contributed by atoms with Gasteiger partial charge in [0.2, 0.25) is 5.91 Å². The molecule has 2 aromatic carbocycles. The molecule has 170 valence electrons. The van der Waals surface area contributed by atoms with Gasteiger partial charge < -0.3 is 15.2 Å². The number of amides is 1. The van der Waals surface area contributed by atoms with E-state index >= 15 is 0 Å². The van der Waals surface area contributed by atoms with Crippen LogP contribution in [0.4, 0.5) is 0 Å². The number of halogens is 1. The van der Waals surface area contributed by atoms with E-state index in [-0.39, 0.29) is 32.2 Å². The molecule has 0 heterocycles. The molecule has 3 N–H and O–H groups in total. The molecule has 0 spiro atoms. The highest BCUT2D eigenvalue weighted by Crippen LogP contribution is 2.10. The average molecular weight is 458 g/mol. The first kappa shape index (κ1) is 26.9. The highest BCUT2D eigenvalue weighted by molar-refractivity contribution is 5.89. The summed E-state index contributed by atoms with van der Waals surface area (Å²) in [5.74, 6) is -0.980. The van der Waals surface area contributed by atoms with Crippen molar-refractivity contribution in [3.8, 4) is 6.07 Å². The van der Waals surface area contributed by atoms with E-state index in [1.807, 2.05) is 37.3 Å². The fourth-order valence-electron chi connectivity index (χ4n) is 2.98. The van der Waals surface area contributed by atoms with Gasteiger partial charge in [-0.15, -0.1) is 12.4 Å². The number of esters is 1. The lowest BCUT2D eigenvalue weighted by Gasteiger charge is -2.19. The third-order valence-electron chi connectivity index (χ3n) is 4.47. The van der Waals surface area contributed by atoms with Crippen molar-refractivity contribution in [2.24, 2.45) is 5.73 Å². The molecule has 7 nitrogen and oxygen atoms in total. The van der Waals surface area contributed by atoms with E-state index < -0.39 is 24.0 Å². The zero-order valence-electron chi connectivity index (χ0n) is 18.0. The van der Waals surface area contributed by atoms with Gasteiger partial charge in [-0.3, -0.25) is 10.1 Å². The first-order chi connectivity index (χ1) is 14.9. The van der Waals surface area contributed by atoms with E-state index in [0.29, 0.717) is 12.0 Å². The average Bonchev–Trinajstić information content (AvgIpc) is 2.76. The Hall–Kier alpha value is -3.18. The van der Waals surface area contributed by atoms with Gasteiger partial charge in [0, 0.05) is 0 Å². The number of carbonyl (C=O) groups excluding carboxylic acids is 2. The number of nitrogens with one attached hydrogen (secondary N) is 1. The van der Waals surface area contributed by atoms with Crippen LogP contribution in [0.2, 0.25) is 0 Å². The molecule has 0 unspecified atom stereocenters. The quantitative estimate of drug-likeness (QED) is 0.374. The lowest BCUT2D eigenvalue weighted by atomic mass is 10.0. The van der Waals surface area contributed by atoms with Crippen LogP contribution in [0.15, 0.2) is 61.2 Å². The molecule has 0 bridgehead atoms. The standard InChI is InChI=1S/C24H27N3O4.ClH/c1-3-10-31-24(29)20-9-5-8-19(12-20)15-30-16-21(14-25)27-22(23(26)28)13-18-7-4-6-17(2)11-18;/h3-9,11-12,21-22,27H,1,10,13,15-16H2,2H3,(H2,26,28);1H/t21-,22-;/m0./s1. The van der Waals surface area contributed by atoms with Crippen molar-refractivity contribution in [2.45, 2.75) is 32.0 Å². The van der Waals surface area contributed by atoms with Crippen molar-refractivity contribution >= 4 is 24.3 Å². The Kier molecular flexibility index (Phi) is 11.7. The van der Waals surface area contributed by atoms with Crippen LogP contribution in [0.3, 0.4) is 0 Å². The van der Waals surface area contributed by atoms with Crippen molar-refractivity contribution in [1.82, 2.24) is 5.32 Å². The van der Waals surface area contributed by atoms with Crippen LogP contribution in [-0.2, 0) is 27.3 Å². The molecular formula is C24H28ClN3O4. The Morgan fingerprint density at radius 2 is 1.94 bits per heavy atom. The van der Waals surface area contributed by atoms with Crippen molar-refractivity contribution in [3.05, 3.63) is 83.4 Å². The van der Waals surface area contributed by atoms with Crippen molar-refractivity contribution < 1.29 is 19.1 Å². The van der Waals surface area contributed by atoms with Crippen molar-refractivity contribution in [2.75, 3.05) is 13.2 Å². The minimum atomic E-state index is -0.719. The fraction of sp³-hybridized carbons (Fsp3) is 0.292. The summed E-state index contributed by atoms with van der Waals surface area (Å²) in [7, 11) is 0. The Labute approximate surface area is 194 Å². The summed E-state index contributed by atoms with van der Waals surface area (Å²) < 4.78 is 10.7. The Bertz CT molecular complexity index is 958. The number of nitrogens with zero attached hydrogens (tertiary/aromatic N) is 1.